The van der Waals surface area contributed by atoms with Crippen molar-refractivity contribution in [2.24, 2.45) is 0 Å². The predicted molar refractivity (Wildman–Crippen MR) is 88.9 cm³/mol. The second-order valence-electron chi connectivity index (χ2n) is 5.77. The molecule has 118 valence electrons. The fourth-order valence-corrected chi connectivity index (χ4v) is 3.45. The average molecular weight is 330 g/mol. The molecule has 1 aromatic carbocycles. The molecule has 3 aromatic rings. The Labute approximate surface area is 138 Å². The van der Waals surface area contributed by atoms with Crippen molar-refractivity contribution in [2.45, 2.75) is 25.6 Å². The lowest BCUT2D eigenvalue weighted by Gasteiger charge is -2.19. The van der Waals surface area contributed by atoms with Gasteiger partial charge in [0.2, 0.25) is 0 Å². The molecular weight excluding hydrogens is 314 g/mol. The van der Waals surface area contributed by atoms with E-state index in [2.05, 4.69) is 4.98 Å². The smallest absolute Gasteiger partial charge is 0.181 e. The number of nitrogen functional groups attached to an aromatic ring is 1. The summed E-state index contributed by atoms with van der Waals surface area (Å²) in [5, 5.41) is 11.0. The lowest BCUT2D eigenvalue weighted by atomic mass is 10.1. The molecule has 23 heavy (non-hydrogen) atoms. The van der Waals surface area contributed by atoms with E-state index in [-0.39, 0.29) is 0 Å². The molecular formula is C17H16ClN3O2. The normalized spacial score (nSPS) is 20.0. The monoisotopic (exact) mass is 329 g/mol. The summed E-state index contributed by atoms with van der Waals surface area (Å²) in [4.78, 5) is 4.46. The first-order valence-corrected chi connectivity index (χ1v) is 7.79. The number of aryl methyl sites for hydroxylation is 1. The number of benzene rings is 1. The molecule has 0 radical (unpaired) electrons. The molecule has 2 atom stereocenters. The highest BCUT2D eigenvalue weighted by atomic mass is 35.5. The number of anilines is 1. The summed E-state index contributed by atoms with van der Waals surface area (Å²) in [6.45, 7) is 1.85. The van der Waals surface area contributed by atoms with Gasteiger partial charge in [0.15, 0.2) is 17.5 Å². The Bertz CT molecular complexity index is 906. The fraction of sp³-hybridized carbons (Fsp3) is 0.235. The number of aliphatic hydroxyl groups is 1. The van der Waals surface area contributed by atoms with E-state index in [0.717, 1.165) is 16.8 Å². The van der Waals surface area contributed by atoms with Crippen LogP contribution in [-0.2, 0) is 6.42 Å². The zero-order valence-electron chi connectivity index (χ0n) is 12.5. The number of aromatic nitrogens is 2. The van der Waals surface area contributed by atoms with E-state index in [4.69, 9.17) is 22.1 Å². The zero-order valence-corrected chi connectivity index (χ0v) is 13.3. The maximum absolute atomic E-state index is 10.4. The number of rotatable bonds is 2. The topological polar surface area (TPSA) is 72.8 Å². The van der Waals surface area contributed by atoms with Gasteiger partial charge in [0.25, 0.3) is 0 Å². The molecule has 0 spiro atoms. The molecule has 2 heterocycles. The van der Waals surface area contributed by atoms with Crippen molar-refractivity contribution < 1.29 is 9.84 Å². The van der Waals surface area contributed by atoms with E-state index in [9.17, 15) is 5.11 Å². The van der Waals surface area contributed by atoms with Crippen molar-refractivity contribution in [1.82, 2.24) is 9.38 Å². The minimum absolute atomic E-state index is 0.511. The third-order valence-electron chi connectivity index (χ3n) is 4.30. The van der Waals surface area contributed by atoms with Gasteiger partial charge in [-0.15, -0.1) is 0 Å². The van der Waals surface area contributed by atoms with Crippen LogP contribution in [0, 0.1) is 6.92 Å². The van der Waals surface area contributed by atoms with Crippen LogP contribution in [0.25, 0.3) is 5.65 Å². The zero-order chi connectivity index (χ0) is 16.1. The number of ether oxygens (including phenoxy) is 1. The van der Waals surface area contributed by atoms with E-state index in [1.54, 1.807) is 4.40 Å². The van der Waals surface area contributed by atoms with Crippen molar-refractivity contribution >= 4 is 23.1 Å². The Balaban J connectivity index is 1.79. The summed E-state index contributed by atoms with van der Waals surface area (Å²) in [5.74, 6) is 1.15. The highest BCUT2D eigenvalue weighted by Crippen LogP contribution is 2.40. The molecule has 0 saturated heterocycles. The highest BCUT2D eigenvalue weighted by molar-refractivity contribution is 6.31. The number of nitrogens with two attached hydrogens (primary N) is 1. The van der Waals surface area contributed by atoms with Gasteiger partial charge in [-0.3, -0.25) is 4.40 Å². The number of fused-ring (bicyclic) bond motifs is 2. The molecule has 1 aliphatic carbocycles. The minimum atomic E-state index is -0.640. The minimum Gasteiger partial charge on any atom is -0.479 e. The number of imidazole rings is 1. The van der Waals surface area contributed by atoms with Gasteiger partial charge in [-0.05, 0) is 30.7 Å². The maximum Gasteiger partial charge on any atom is 0.181 e. The second kappa shape index (κ2) is 5.15. The lowest BCUT2D eigenvalue weighted by Crippen LogP contribution is -2.19. The van der Waals surface area contributed by atoms with Crippen LogP contribution in [0.3, 0.4) is 0 Å². The molecule has 0 amide bonds. The van der Waals surface area contributed by atoms with Crippen LogP contribution in [0.2, 0.25) is 5.02 Å². The summed E-state index contributed by atoms with van der Waals surface area (Å²) >= 11 is 6.31. The first-order chi connectivity index (χ1) is 11.1. The Morgan fingerprint density at radius 2 is 2.17 bits per heavy atom. The molecule has 6 heteroatoms. The molecule has 1 aliphatic rings. The molecule has 3 N–H and O–H groups in total. The van der Waals surface area contributed by atoms with Gasteiger partial charge in [-0.2, -0.15) is 0 Å². The van der Waals surface area contributed by atoms with Gasteiger partial charge in [0.1, 0.15) is 5.82 Å². The van der Waals surface area contributed by atoms with Crippen molar-refractivity contribution in [2.75, 3.05) is 5.73 Å². The first kappa shape index (κ1) is 14.4. The van der Waals surface area contributed by atoms with E-state index in [1.807, 2.05) is 43.5 Å². The predicted octanol–water partition coefficient (Wildman–Crippen LogP) is 2.92. The number of hydrogen-bond acceptors (Lipinski definition) is 4. The third-order valence-corrected chi connectivity index (χ3v) is 4.62. The molecule has 5 nitrogen and oxygen atoms in total. The van der Waals surface area contributed by atoms with Gasteiger partial charge in [0.05, 0.1) is 11.8 Å². The summed E-state index contributed by atoms with van der Waals surface area (Å²) < 4.78 is 7.88. The summed E-state index contributed by atoms with van der Waals surface area (Å²) in [7, 11) is 0. The van der Waals surface area contributed by atoms with Crippen LogP contribution in [0.1, 0.15) is 22.9 Å². The number of nitrogens with zero attached hydrogens (tertiary/aromatic N) is 2. The summed E-state index contributed by atoms with van der Waals surface area (Å²) in [5.41, 5.74) is 9.26. The molecule has 0 saturated carbocycles. The average Bonchev–Trinajstić information content (AvgIpc) is 2.99. The second-order valence-corrected chi connectivity index (χ2v) is 6.18. The molecule has 4 rings (SSSR count). The summed E-state index contributed by atoms with van der Waals surface area (Å²) in [6, 6.07) is 9.33. The van der Waals surface area contributed by atoms with Gasteiger partial charge in [-0.1, -0.05) is 23.7 Å². The van der Waals surface area contributed by atoms with E-state index in [0.29, 0.717) is 28.7 Å². The number of aliphatic hydroxyl groups excluding tert-OH is 1. The van der Waals surface area contributed by atoms with Crippen LogP contribution in [0.15, 0.2) is 36.5 Å². The molecule has 0 bridgehead atoms. The van der Waals surface area contributed by atoms with E-state index >= 15 is 0 Å². The molecule has 2 aromatic heterocycles. The van der Waals surface area contributed by atoms with Crippen molar-refractivity contribution in [3.63, 3.8) is 0 Å². The largest absolute Gasteiger partial charge is 0.479 e. The molecule has 2 unspecified atom stereocenters. The van der Waals surface area contributed by atoms with Gasteiger partial charge in [0, 0.05) is 23.2 Å². The highest BCUT2D eigenvalue weighted by Gasteiger charge is 2.35. The Kier molecular flexibility index (Phi) is 3.21. The van der Waals surface area contributed by atoms with E-state index in [1.165, 1.54) is 0 Å². The lowest BCUT2D eigenvalue weighted by molar-refractivity contribution is 0.0502. The van der Waals surface area contributed by atoms with Crippen LogP contribution >= 0.6 is 11.6 Å². The fourth-order valence-electron chi connectivity index (χ4n) is 3.14. The van der Waals surface area contributed by atoms with Gasteiger partial charge in [-0.25, -0.2) is 4.98 Å². The van der Waals surface area contributed by atoms with Crippen LogP contribution in [0.4, 0.5) is 5.82 Å². The number of hydrogen-bond donors (Lipinski definition) is 2. The SMILES string of the molecule is Cc1nc2c(OC3c4c(Cl)cccc4CC3O)cccn2c1N. The van der Waals surface area contributed by atoms with Crippen LogP contribution < -0.4 is 10.5 Å². The maximum atomic E-state index is 10.4. The van der Waals surface area contributed by atoms with Crippen LogP contribution in [0.5, 0.6) is 5.75 Å². The van der Waals surface area contributed by atoms with E-state index < -0.39 is 12.2 Å². The number of pyridine rings is 1. The van der Waals surface area contributed by atoms with Crippen molar-refractivity contribution in [3.05, 3.63) is 58.4 Å². The van der Waals surface area contributed by atoms with Crippen LogP contribution in [-0.4, -0.2) is 20.6 Å². The Hall–Kier alpha value is -2.24. The number of halogens is 1. The Morgan fingerprint density at radius 3 is 3.00 bits per heavy atom. The molecule has 0 fully saturated rings. The van der Waals surface area contributed by atoms with Gasteiger partial charge >= 0.3 is 0 Å². The van der Waals surface area contributed by atoms with Crippen molar-refractivity contribution in [1.29, 1.82) is 0 Å². The first-order valence-electron chi connectivity index (χ1n) is 7.41. The van der Waals surface area contributed by atoms with Gasteiger partial charge < -0.3 is 15.6 Å². The summed E-state index contributed by atoms with van der Waals surface area (Å²) in [6.07, 6.45) is 1.21. The molecule has 0 aliphatic heterocycles. The Morgan fingerprint density at radius 1 is 1.35 bits per heavy atom. The van der Waals surface area contributed by atoms with Crippen molar-refractivity contribution in [3.8, 4) is 5.75 Å². The third kappa shape index (κ3) is 2.16. The standard InChI is InChI=1S/C17H16ClN3O2/c1-9-16(19)21-7-3-6-13(17(21)20-9)23-15-12(22)8-10-4-2-5-11(18)14(10)15/h2-7,12,15,22H,8,19H2,1H3. The quantitative estimate of drug-likeness (QED) is 0.758.